The third-order valence-electron chi connectivity index (χ3n) is 3.53. The minimum Gasteiger partial charge on any atom is -0.383 e. The number of hydrogen-bond donors (Lipinski definition) is 0. The standard InChI is InChI=1S/C14H22N4O3/c1-11(2)18-5-4-12(15-18)14(20)17-7-6-16(8-9-21-3)13(19)10-17/h4-5,11H,6-10H2,1-3H3. The van der Waals surface area contributed by atoms with Gasteiger partial charge in [-0.05, 0) is 19.9 Å². The van der Waals surface area contributed by atoms with Crippen LogP contribution < -0.4 is 0 Å². The number of hydrogen-bond acceptors (Lipinski definition) is 4. The van der Waals surface area contributed by atoms with Gasteiger partial charge in [-0.15, -0.1) is 0 Å². The lowest BCUT2D eigenvalue weighted by molar-refractivity contribution is -0.135. The third-order valence-corrected chi connectivity index (χ3v) is 3.53. The van der Waals surface area contributed by atoms with Crippen molar-refractivity contribution in [2.24, 2.45) is 0 Å². The first-order valence-corrected chi connectivity index (χ1v) is 7.14. The van der Waals surface area contributed by atoms with Crippen molar-refractivity contribution in [2.45, 2.75) is 19.9 Å². The number of nitrogens with zero attached hydrogens (tertiary/aromatic N) is 4. The second-order valence-corrected chi connectivity index (χ2v) is 5.38. The molecule has 0 atom stereocenters. The van der Waals surface area contributed by atoms with Crippen LogP contribution in [-0.2, 0) is 9.53 Å². The summed E-state index contributed by atoms with van der Waals surface area (Å²) in [6.45, 7) is 6.26. The zero-order chi connectivity index (χ0) is 15.4. The molecule has 1 aliphatic heterocycles. The van der Waals surface area contributed by atoms with E-state index in [1.165, 1.54) is 0 Å². The molecule has 7 heteroatoms. The molecule has 0 spiro atoms. The maximum Gasteiger partial charge on any atom is 0.274 e. The summed E-state index contributed by atoms with van der Waals surface area (Å²) in [5.74, 6) is -0.232. The summed E-state index contributed by atoms with van der Waals surface area (Å²) < 4.78 is 6.71. The van der Waals surface area contributed by atoms with Gasteiger partial charge in [0.2, 0.25) is 5.91 Å². The van der Waals surface area contributed by atoms with E-state index in [1.807, 2.05) is 13.8 Å². The third kappa shape index (κ3) is 3.60. The monoisotopic (exact) mass is 294 g/mol. The Hall–Kier alpha value is -1.89. The molecule has 7 nitrogen and oxygen atoms in total. The van der Waals surface area contributed by atoms with Crippen molar-refractivity contribution in [3.63, 3.8) is 0 Å². The Morgan fingerprint density at radius 2 is 2.19 bits per heavy atom. The van der Waals surface area contributed by atoms with E-state index in [2.05, 4.69) is 5.10 Å². The number of methoxy groups -OCH3 is 1. The quantitative estimate of drug-likeness (QED) is 0.788. The highest BCUT2D eigenvalue weighted by atomic mass is 16.5. The average molecular weight is 294 g/mol. The zero-order valence-electron chi connectivity index (χ0n) is 12.8. The Kier molecular flexibility index (Phi) is 4.95. The molecular formula is C14H22N4O3. The van der Waals surface area contributed by atoms with Crippen molar-refractivity contribution in [1.82, 2.24) is 19.6 Å². The highest BCUT2D eigenvalue weighted by Crippen LogP contribution is 2.10. The van der Waals surface area contributed by atoms with Crippen LogP contribution in [0.4, 0.5) is 0 Å². The normalized spacial score (nSPS) is 15.9. The van der Waals surface area contributed by atoms with Crippen LogP contribution in [0.3, 0.4) is 0 Å². The Morgan fingerprint density at radius 1 is 1.43 bits per heavy atom. The molecule has 0 bridgehead atoms. The molecule has 21 heavy (non-hydrogen) atoms. The molecule has 0 saturated carbocycles. The molecule has 1 aromatic rings. The summed E-state index contributed by atoms with van der Waals surface area (Å²) in [7, 11) is 1.61. The van der Waals surface area contributed by atoms with Gasteiger partial charge < -0.3 is 14.5 Å². The maximum absolute atomic E-state index is 12.4. The predicted molar refractivity (Wildman–Crippen MR) is 77.0 cm³/mol. The first kappa shape index (κ1) is 15.5. The van der Waals surface area contributed by atoms with E-state index in [9.17, 15) is 9.59 Å². The summed E-state index contributed by atoms with van der Waals surface area (Å²) in [5, 5.41) is 4.26. The van der Waals surface area contributed by atoms with Crippen molar-refractivity contribution in [2.75, 3.05) is 39.9 Å². The van der Waals surface area contributed by atoms with Crippen molar-refractivity contribution in [3.05, 3.63) is 18.0 Å². The van der Waals surface area contributed by atoms with Crippen LogP contribution in [0, 0.1) is 0 Å². The minimum absolute atomic E-state index is 0.0463. The summed E-state index contributed by atoms with van der Waals surface area (Å²) >= 11 is 0. The molecule has 0 aliphatic carbocycles. The van der Waals surface area contributed by atoms with E-state index in [-0.39, 0.29) is 24.4 Å². The number of rotatable bonds is 5. The fourth-order valence-corrected chi connectivity index (χ4v) is 2.22. The SMILES string of the molecule is COCCN1CCN(C(=O)c2ccn(C(C)C)n2)CC1=O. The highest BCUT2D eigenvalue weighted by Gasteiger charge is 2.28. The van der Waals surface area contributed by atoms with E-state index in [0.29, 0.717) is 31.9 Å². The van der Waals surface area contributed by atoms with Gasteiger partial charge in [0.25, 0.3) is 5.91 Å². The van der Waals surface area contributed by atoms with Crippen LogP contribution in [0.5, 0.6) is 0 Å². The van der Waals surface area contributed by atoms with E-state index >= 15 is 0 Å². The zero-order valence-corrected chi connectivity index (χ0v) is 12.8. The average Bonchev–Trinajstić information content (AvgIpc) is 2.95. The van der Waals surface area contributed by atoms with Crippen LogP contribution in [0.15, 0.2) is 12.3 Å². The molecule has 0 N–H and O–H groups in total. The van der Waals surface area contributed by atoms with Crippen molar-refractivity contribution < 1.29 is 14.3 Å². The molecule has 2 rings (SSSR count). The van der Waals surface area contributed by atoms with E-state index in [0.717, 1.165) is 0 Å². The Morgan fingerprint density at radius 3 is 2.76 bits per heavy atom. The minimum atomic E-state index is -0.186. The number of amides is 2. The molecular weight excluding hydrogens is 272 g/mol. The van der Waals surface area contributed by atoms with Crippen molar-refractivity contribution in [3.8, 4) is 0 Å². The summed E-state index contributed by atoms with van der Waals surface area (Å²) in [4.78, 5) is 27.6. The van der Waals surface area contributed by atoms with Crippen molar-refractivity contribution in [1.29, 1.82) is 0 Å². The largest absolute Gasteiger partial charge is 0.383 e. The molecule has 2 heterocycles. The van der Waals surface area contributed by atoms with E-state index < -0.39 is 0 Å². The van der Waals surface area contributed by atoms with Crippen LogP contribution in [0.1, 0.15) is 30.4 Å². The highest BCUT2D eigenvalue weighted by molar-refractivity contribution is 5.95. The Balaban J connectivity index is 1.96. The van der Waals surface area contributed by atoms with Gasteiger partial charge in [0.05, 0.1) is 6.61 Å². The van der Waals surface area contributed by atoms with Crippen LogP contribution in [0.25, 0.3) is 0 Å². The summed E-state index contributed by atoms with van der Waals surface area (Å²) in [6, 6.07) is 1.91. The molecule has 0 radical (unpaired) electrons. The molecule has 116 valence electrons. The fourth-order valence-electron chi connectivity index (χ4n) is 2.22. The van der Waals surface area contributed by atoms with Crippen LogP contribution in [-0.4, -0.2) is 71.3 Å². The first-order chi connectivity index (χ1) is 10.0. The Bertz CT molecular complexity index is 512. The molecule has 1 fully saturated rings. The van der Waals surface area contributed by atoms with Crippen molar-refractivity contribution >= 4 is 11.8 Å². The molecule has 0 unspecified atom stereocenters. The second kappa shape index (κ2) is 6.71. The summed E-state index contributed by atoms with van der Waals surface area (Å²) in [6.07, 6.45) is 1.79. The Labute approximate surface area is 124 Å². The lowest BCUT2D eigenvalue weighted by atomic mass is 10.2. The summed E-state index contributed by atoms with van der Waals surface area (Å²) in [5.41, 5.74) is 0.391. The molecule has 1 aliphatic rings. The number of carbonyl (C=O) groups excluding carboxylic acids is 2. The maximum atomic E-state index is 12.4. The van der Waals surface area contributed by atoms with Gasteiger partial charge in [-0.3, -0.25) is 14.3 Å². The first-order valence-electron chi connectivity index (χ1n) is 7.14. The van der Waals surface area contributed by atoms with Gasteiger partial charge >= 0.3 is 0 Å². The van der Waals surface area contributed by atoms with E-state index in [4.69, 9.17) is 4.74 Å². The number of carbonyl (C=O) groups is 2. The smallest absolute Gasteiger partial charge is 0.274 e. The van der Waals surface area contributed by atoms with Gasteiger partial charge in [-0.2, -0.15) is 5.10 Å². The number of ether oxygens (including phenoxy) is 1. The molecule has 1 aromatic heterocycles. The van der Waals surface area contributed by atoms with Crippen LogP contribution in [0.2, 0.25) is 0 Å². The van der Waals surface area contributed by atoms with Gasteiger partial charge in [0.15, 0.2) is 0 Å². The number of aromatic nitrogens is 2. The predicted octanol–water partition coefficient (Wildman–Crippen LogP) is 0.395. The van der Waals surface area contributed by atoms with Gasteiger partial charge in [-0.25, -0.2) is 0 Å². The van der Waals surface area contributed by atoms with Crippen LogP contribution >= 0.6 is 0 Å². The lowest BCUT2D eigenvalue weighted by Gasteiger charge is -2.33. The fraction of sp³-hybridized carbons (Fsp3) is 0.643. The van der Waals surface area contributed by atoms with Gasteiger partial charge in [0, 0.05) is 39.0 Å². The number of piperazine rings is 1. The molecule has 0 aromatic carbocycles. The second-order valence-electron chi connectivity index (χ2n) is 5.38. The van der Waals surface area contributed by atoms with E-state index in [1.54, 1.807) is 33.9 Å². The molecule has 1 saturated heterocycles. The van der Waals surface area contributed by atoms with Gasteiger partial charge in [0.1, 0.15) is 12.2 Å². The molecule has 2 amide bonds. The van der Waals surface area contributed by atoms with Gasteiger partial charge in [-0.1, -0.05) is 0 Å². The lowest BCUT2D eigenvalue weighted by Crippen LogP contribution is -2.53. The topological polar surface area (TPSA) is 67.7 Å².